The SMILES string of the molecule is C[C@H](SCc1cccc(F)c1F)C(=O)NC(C)(C)C. The zero-order chi connectivity index (χ0) is 14.6. The molecule has 0 fully saturated rings. The summed E-state index contributed by atoms with van der Waals surface area (Å²) in [6.45, 7) is 7.44. The molecule has 106 valence electrons. The molecule has 1 atom stereocenters. The van der Waals surface area contributed by atoms with Gasteiger partial charge in [-0.05, 0) is 33.8 Å². The van der Waals surface area contributed by atoms with Crippen molar-refractivity contribution in [2.75, 3.05) is 0 Å². The minimum absolute atomic E-state index is 0.102. The van der Waals surface area contributed by atoms with Gasteiger partial charge in [-0.1, -0.05) is 12.1 Å². The van der Waals surface area contributed by atoms with Crippen molar-refractivity contribution in [3.05, 3.63) is 35.4 Å². The van der Waals surface area contributed by atoms with Crippen molar-refractivity contribution in [1.82, 2.24) is 5.32 Å². The molecule has 0 bridgehead atoms. The second kappa shape index (κ2) is 6.37. The van der Waals surface area contributed by atoms with Crippen LogP contribution < -0.4 is 5.32 Å². The quantitative estimate of drug-likeness (QED) is 0.918. The summed E-state index contributed by atoms with van der Waals surface area (Å²) in [4.78, 5) is 11.8. The largest absolute Gasteiger partial charge is 0.351 e. The summed E-state index contributed by atoms with van der Waals surface area (Å²) < 4.78 is 26.5. The highest BCUT2D eigenvalue weighted by molar-refractivity contribution is 7.99. The number of hydrogen-bond acceptors (Lipinski definition) is 2. The van der Waals surface area contributed by atoms with Crippen molar-refractivity contribution in [3.63, 3.8) is 0 Å². The Morgan fingerprint density at radius 1 is 1.37 bits per heavy atom. The minimum Gasteiger partial charge on any atom is -0.351 e. The zero-order valence-electron chi connectivity index (χ0n) is 11.6. The van der Waals surface area contributed by atoms with Gasteiger partial charge in [-0.15, -0.1) is 11.8 Å². The molecule has 0 unspecified atom stereocenters. The van der Waals surface area contributed by atoms with Gasteiger partial charge in [-0.2, -0.15) is 0 Å². The molecular weight excluding hydrogens is 268 g/mol. The topological polar surface area (TPSA) is 29.1 Å². The standard InChI is InChI=1S/C14H19F2NOS/c1-9(13(18)17-14(2,3)4)19-8-10-6-5-7-11(15)12(10)16/h5-7,9H,8H2,1-4H3,(H,17,18)/t9-/m0/s1. The van der Waals surface area contributed by atoms with Crippen molar-refractivity contribution < 1.29 is 13.6 Å². The van der Waals surface area contributed by atoms with Crippen LogP contribution in [0.2, 0.25) is 0 Å². The normalized spacial score (nSPS) is 13.2. The molecule has 0 aliphatic rings. The van der Waals surface area contributed by atoms with E-state index in [4.69, 9.17) is 0 Å². The van der Waals surface area contributed by atoms with Crippen molar-refractivity contribution in [2.24, 2.45) is 0 Å². The van der Waals surface area contributed by atoms with Crippen LogP contribution in [0.5, 0.6) is 0 Å². The molecule has 2 nitrogen and oxygen atoms in total. The maximum atomic E-state index is 13.4. The minimum atomic E-state index is -0.857. The maximum Gasteiger partial charge on any atom is 0.233 e. The van der Waals surface area contributed by atoms with Gasteiger partial charge in [0, 0.05) is 16.9 Å². The van der Waals surface area contributed by atoms with E-state index in [-0.39, 0.29) is 28.0 Å². The summed E-state index contributed by atoms with van der Waals surface area (Å²) >= 11 is 1.28. The molecule has 0 saturated carbocycles. The van der Waals surface area contributed by atoms with Crippen LogP contribution in [0.15, 0.2) is 18.2 Å². The molecule has 0 saturated heterocycles. The lowest BCUT2D eigenvalue weighted by Crippen LogP contribution is -2.44. The Morgan fingerprint density at radius 2 is 2.00 bits per heavy atom. The van der Waals surface area contributed by atoms with Crippen LogP contribution in [0.3, 0.4) is 0 Å². The third-order valence-corrected chi connectivity index (χ3v) is 3.58. The Labute approximate surface area is 117 Å². The lowest BCUT2D eigenvalue weighted by Gasteiger charge is -2.23. The lowest BCUT2D eigenvalue weighted by molar-refractivity contribution is -0.121. The Balaban J connectivity index is 2.57. The van der Waals surface area contributed by atoms with Gasteiger partial charge in [-0.25, -0.2) is 8.78 Å². The first-order valence-corrected chi connectivity index (χ1v) is 7.12. The van der Waals surface area contributed by atoms with Gasteiger partial charge in [0.2, 0.25) is 5.91 Å². The summed E-state index contributed by atoms with van der Waals surface area (Å²) in [7, 11) is 0. The van der Waals surface area contributed by atoms with Crippen LogP contribution >= 0.6 is 11.8 Å². The summed E-state index contributed by atoms with van der Waals surface area (Å²) in [5, 5.41) is 2.54. The van der Waals surface area contributed by atoms with Crippen molar-refractivity contribution >= 4 is 17.7 Å². The van der Waals surface area contributed by atoms with Crippen LogP contribution in [0.1, 0.15) is 33.3 Å². The maximum absolute atomic E-state index is 13.4. The van der Waals surface area contributed by atoms with Crippen molar-refractivity contribution in [1.29, 1.82) is 0 Å². The van der Waals surface area contributed by atoms with Crippen LogP contribution in [-0.2, 0) is 10.5 Å². The first-order chi connectivity index (χ1) is 8.70. The molecule has 0 aromatic heterocycles. The predicted molar refractivity (Wildman–Crippen MR) is 75.0 cm³/mol. The summed E-state index contributed by atoms with van der Waals surface area (Å²) in [6.07, 6.45) is 0. The third kappa shape index (κ3) is 5.19. The van der Waals surface area contributed by atoms with Crippen molar-refractivity contribution in [2.45, 2.75) is 44.2 Å². The molecule has 1 aromatic rings. The van der Waals surface area contributed by atoms with Gasteiger partial charge in [0.05, 0.1) is 5.25 Å². The average Bonchev–Trinajstić information content (AvgIpc) is 2.28. The number of benzene rings is 1. The van der Waals surface area contributed by atoms with Gasteiger partial charge < -0.3 is 5.32 Å². The molecule has 5 heteroatoms. The molecule has 1 aromatic carbocycles. The number of halogens is 2. The molecule has 0 spiro atoms. The summed E-state index contributed by atoms with van der Waals surface area (Å²) in [5.74, 6) is -1.53. The highest BCUT2D eigenvalue weighted by Crippen LogP contribution is 2.21. The smallest absolute Gasteiger partial charge is 0.233 e. The van der Waals surface area contributed by atoms with Crippen LogP contribution in [0, 0.1) is 11.6 Å². The molecule has 0 aliphatic carbocycles. The molecule has 0 heterocycles. The fraction of sp³-hybridized carbons (Fsp3) is 0.500. The van der Waals surface area contributed by atoms with E-state index in [1.165, 1.54) is 23.9 Å². The molecular formula is C14H19F2NOS. The number of carbonyl (C=O) groups is 1. The summed E-state index contributed by atoms with van der Waals surface area (Å²) in [6, 6.07) is 4.08. The van der Waals surface area contributed by atoms with E-state index in [2.05, 4.69) is 5.32 Å². The van der Waals surface area contributed by atoms with Gasteiger partial charge in [0.25, 0.3) is 0 Å². The van der Waals surface area contributed by atoms with E-state index in [1.54, 1.807) is 6.92 Å². The van der Waals surface area contributed by atoms with E-state index in [9.17, 15) is 13.6 Å². The lowest BCUT2D eigenvalue weighted by atomic mass is 10.1. The van der Waals surface area contributed by atoms with Gasteiger partial charge in [-0.3, -0.25) is 4.79 Å². The average molecular weight is 287 g/mol. The van der Waals surface area contributed by atoms with E-state index < -0.39 is 11.6 Å². The number of thioether (sulfide) groups is 1. The number of amides is 1. The molecule has 19 heavy (non-hydrogen) atoms. The second-order valence-corrected chi connectivity index (χ2v) is 6.73. The van der Waals surface area contributed by atoms with E-state index in [1.807, 2.05) is 20.8 Å². The number of carbonyl (C=O) groups excluding carboxylic acids is 1. The molecule has 1 amide bonds. The predicted octanol–water partition coefficient (Wildman–Crippen LogP) is 3.50. The Morgan fingerprint density at radius 3 is 2.58 bits per heavy atom. The fourth-order valence-corrected chi connectivity index (χ4v) is 2.28. The van der Waals surface area contributed by atoms with Crippen LogP contribution in [0.4, 0.5) is 8.78 Å². The zero-order valence-corrected chi connectivity index (χ0v) is 12.4. The number of nitrogens with one attached hydrogen (secondary N) is 1. The van der Waals surface area contributed by atoms with E-state index in [0.29, 0.717) is 0 Å². The van der Waals surface area contributed by atoms with E-state index in [0.717, 1.165) is 6.07 Å². The van der Waals surface area contributed by atoms with Gasteiger partial charge in [0.1, 0.15) is 0 Å². The Hall–Kier alpha value is -1.10. The Kier molecular flexibility index (Phi) is 5.35. The van der Waals surface area contributed by atoms with Crippen LogP contribution in [0.25, 0.3) is 0 Å². The molecule has 1 rings (SSSR count). The first kappa shape index (κ1) is 16.0. The first-order valence-electron chi connectivity index (χ1n) is 6.07. The number of rotatable bonds is 4. The van der Waals surface area contributed by atoms with Gasteiger partial charge in [0.15, 0.2) is 11.6 Å². The molecule has 1 N–H and O–H groups in total. The third-order valence-electron chi connectivity index (χ3n) is 2.39. The summed E-state index contributed by atoms with van der Waals surface area (Å²) in [5.41, 5.74) is -0.0175. The monoisotopic (exact) mass is 287 g/mol. The molecule has 0 radical (unpaired) electrons. The van der Waals surface area contributed by atoms with Gasteiger partial charge >= 0.3 is 0 Å². The van der Waals surface area contributed by atoms with E-state index >= 15 is 0 Å². The highest BCUT2D eigenvalue weighted by Gasteiger charge is 2.20. The highest BCUT2D eigenvalue weighted by atomic mass is 32.2. The van der Waals surface area contributed by atoms with Crippen LogP contribution in [-0.4, -0.2) is 16.7 Å². The Bertz CT molecular complexity index is 457. The fourth-order valence-electron chi connectivity index (χ4n) is 1.42. The van der Waals surface area contributed by atoms with Crippen molar-refractivity contribution in [3.8, 4) is 0 Å². The molecule has 0 aliphatic heterocycles. The second-order valence-electron chi connectivity index (χ2n) is 5.41. The number of hydrogen-bond donors (Lipinski definition) is 1.